The first-order valence-electron chi connectivity index (χ1n) is 12.4. The molecule has 2 aliphatic rings. The second kappa shape index (κ2) is 10.5. The highest BCUT2D eigenvalue weighted by Crippen LogP contribution is 2.48. The first kappa shape index (κ1) is 26.7. The Hall–Kier alpha value is -4.48. The van der Waals surface area contributed by atoms with Gasteiger partial charge in [-0.3, -0.25) is 14.5 Å². The number of benzene rings is 3. The van der Waals surface area contributed by atoms with Crippen molar-refractivity contribution in [3.63, 3.8) is 0 Å². The van der Waals surface area contributed by atoms with E-state index in [1.807, 2.05) is 0 Å². The standard InChI is InChI=1S/C29H23ClN2O8S/c1-36-20-11-15(12-21(37-2)27(20)38-3)24-23(25(33)14-4-7-18-19(10-14)40-9-8-39-18)26(34)28(35)32(24)29-31-17-6-5-16(30)13-22(17)41-29/h4-7,10-13,24,33H,8-9H2,1-3H3/b25-23+/t24-/m0/s1. The Morgan fingerprint density at radius 3 is 2.37 bits per heavy atom. The van der Waals surface area contributed by atoms with Gasteiger partial charge in [-0.2, -0.15) is 0 Å². The van der Waals surface area contributed by atoms with Gasteiger partial charge in [0.25, 0.3) is 5.78 Å². The molecule has 2 aliphatic heterocycles. The molecule has 6 rings (SSSR count). The van der Waals surface area contributed by atoms with Crippen LogP contribution in [0.3, 0.4) is 0 Å². The van der Waals surface area contributed by atoms with Crippen LogP contribution < -0.4 is 28.6 Å². The number of aliphatic hydroxyl groups is 1. The number of Topliss-reactive ketones (excluding diaryl/α,β-unsaturated/α-hetero) is 1. The first-order valence-corrected chi connectivity index (χ1v) is 13.6. The topological polar surface area (TPSA) is 117 Å². The lowest BCUT2D eigenvalue weighted by molar-refractivity contribution is -0.132. The molecule has 1 saturated heterocycles. The van der Waals surface area contributed by atoms with Crippen molar-refractivity contribution in [3.8, 4) is 28.7 Å². The van der Waals surface area contributed by atoms with Gasteiger partial charge in [-0.1, -0.05) is 22.9 Å². The van der Waals surface area contributed by atoms with Crippen LogP contribution in [-0.4, -0.2) is 56.3 Å². The molecule has 1 atom stereocenters. The largest absolute Gasteiger partial charge is 0.507 e. The molecule has 4 aromatic rings. The van der Waals surface area contributed by atoms with E-state index in [2.05, 4.69) is 4.98 Å². The van der Waals surface area contributed by atoms with Crippen molar-refractivity contribution in [3.05, 3.63) is 70.3 Å². The predicted octanol–water partition coefficient (Wildman–Crippen LogP) is 5.37. The van der Waals surface area contributed by atoms with Crippen LogP contribution in [0.4, 0.5) is 5.13 Å². The normalized spacial score (nSPS) is 17.7. The molecule has 0 unspecified atom stereocenters. The van der Waals surface area contributed by atoms with Gasteiger partial charge in [-0.05, 0) is 54.1 Å². The summed E-state index contributed by atoms with van der Waals surface area (Å²) in [6.07, 6.45) is 0. The van der Waals surface area contributed by atoms with Gasteiger partial charge in [0.15, 0.2) is 28.1 Å². The van der Waals surface area contributed by atoms with E-state index in [9.17, 15) is 14.7 Å². The summed E-state index contributed by atoms with van der Waals surface area (Å²) >= 11 is 7.39. The van der Waals surface area contributed by atoms with Crippen molar-refractivity contribution in [2.75, 3.05) is 39.4 Å². The molecule has 0 aliphatic carbocycles. The van der Waals surface area contributed by atoms with E-state index < -0.39 is 17.7 Å². The van der Waals surface area contributed by atoms with Crippen LogP contribution in [-0.2, 0) is 9.59 Å². The zero-order valence-electron chi connectivity index (χ0n) is 22.1. The highest BCUT2D eigenvalue weighted by Gasteiger charge is 2.48. The van der Waals surface area contributed by atoms with Gasteiger partial charge in [0.1, 0.15) is 19.0 Å². The minimum absolute atomic E-state index is 0.141. The lowest BCUT2D eigenvalue weighted by Gasteiger charge is -2.25. The Kier molecular flexibility index (Phi) is 6.84. The van der Waals surface area contributed by atoms with E-state index >= 15 is 0 Å². The number of thiazole rings is 1. The summed E-state index contributed by atoms with van der Waals surface area (Å²) in [7, 11) is 4.40. The number of ether oxygens (including phenoxy) is 5. The summed E-state index contributed by atoms with van der Waals surface area (Å²) in [4.78, 5) is 33.3. The summed E-state index contributed by atoms with van der Waals surface area (Å²) in [6, 6.07) is 12.2. The van der Waals surface area contributed by atoms with E-state index in [-0.39, 0.29) is 22.0 Å². The molecule has 1 amide bonds. The average molecular weight is 595 g/mol. The molecule has 41 heavy (non-hydrogen) atoms. The van der Waals surface area contributed by atoms with E-state index in [0.717, 1.165) is 4.70 Å². The SMILES string of the molecule is COc1cc([C@H]2/C(=C(\O)c3ccc4c(c3)OCCO4)C(=O)C(=O)N2c2nc3ccc(Cl)cc3s2)cc(OC)c1OC. The van der Waals surface area contributed by atoms with Crippen molar-refractivity contribution in [2.24, 2.45) is 0 Å². The van der Waals surface area contributed by atoms with E-state index in [0.29, 0.717) is 58.1 Å². The molecule has 0 bridgehead atoms. The van der Waals surface area contributed by atoms with Crippen molar-refractivity contribution < 1.29 is 38.4 Å². The van der Waals surface area contributed by atoms with Crippen LogP contribution in [0.1, 0.15) is 17.2 Å². The van der Waals surface area contributed by atoms with Gasteiger partial charge in [0.05, 0.1) is 43.2 Å². The third-order valence-electron chi connectivity index (χ3n) is 6.81. The Bertz CT molecular complexity index is 1730. The van der Waals surface area contributed by atoms with Crippen LogP contribution in [0.15, 0.2) is 54.1 Å². The molecule has 1 aromatic heterocycles. The second-order valence-corrected chi connectivity index (χ2v) is 10.5. The van der Waals surface area contributed by atoms with Gasteiger partial charge in [-0.25, -0.2) is 4.98 Å². The summed E-state index contributed by atoms with van der Waals surface area (Å²) in [5.41, 5.74) is 1.17. The molecule has 3 aromatic carbocycles. The minimum Gasteiger partial charge on any atom is -0.507 e. The minimum atomic E-state index is -1.09. The van der Waals surface area contributed by atoms with Gasteiger partial charge < -0.3 is 28.8 Å². The molecule has 0 saturated carbocycles. The summed E-state index contributed by atoms with van der Waals surface area (Å²) < 4.78 is 28.5. The highest BCUT2D eigenvalue weighted by molar-refractivity contribution is 7.22. The molecule has 0 radical (unpaired) electrons. The van der Waals surface area contributed by atoms with Crippen LogP contribution in [0.2, 0.25) is 5.02 Å². The monoisotopic (exact) mass is 594 g/mol. The van der Waals surface area contributed by atoms with Gasteiger partial charge >= 0.3 is 5.91 Å². The molecular formula is C29H23ClN2O8S. The van der Waals surface area contributed by atoms with Crippen molar-refractivity contribution in [2.45, 2.75) is 6.04 Å². The molecule has 1 fully saturated rings. The summed E-state index contributed by atoms with van der Waals surface area (Å²) in [5, 5.41) is 12.4. The van der Waals surface area contributed by atoms with Crippen molar-refractivity contribution >= 4 is 55.7 Å². The Morgan fingerprint density at radius 2 is 1.68 bits per heavy atom. The third kappa shape index (κ3) is 4.47. The predicted molar refractivity (Wildman–Crippen MR) is 153 cm³/mol. The summed E-state index contributed by atoms with van der Waals surface area (Å²) in [6.45, 7) is 0.743. The van der Waals surface area contributed by atoms with Crippen molar-refractivity contribution in [1.29, 1.82) is 0 Å². The quantitative estimate of drug-likeness (QED) is 0.178. The fourth-order valence-electron chi connectivity index (χ4n) is 4.94. The maximum Gasteiger partial charge on any atom is 0.301 e. The smallest absolute Gasteiger partial charge is 0.301 e. The number of hydrogen-bond acceptors (Lipinski definition) is 10. The van der Waals surface area contributed by atoms with Crippen LogP contribution in [0, 0.1) is 0 Å². The third-order valence-corrected chi connectivity index (χ3v) is 8.06. The van der Waals surface area contributed by atoms with Crippen LogP contribution in [0.25, 0.3) is 16.0 Å². The molecule has 0 spiro atoms. The number of methoxy groups -OCH3 is 3. The number of aliphatic hydroxyl groups excluding tert-OH is 1. The molecule has 12 heteroatoms. The summed E-state index contributed by atoms with van der Waals surface area (Å²) in [5.74, 6) is -0.237. The number of nitrogens with zero attached hydrogens (tertiary/aromatic N) is 2. The zero-order valence-corrected chi connectivity index (χ0v) is 23.7. The first-order chi connectivity index (χ1) is 19.8. The Balaban J connectivity index is 1.59. The fourth-order valence-corrected chi connectivity index (χ4v) is 6.21. The number of hydrogen-bond donors (Lipinski definition) is 1. The second-order valence-electron chi connectivity index (χ2n) is 9.09. The lowest BCUT2D eigenvalue weighted by Crippen LogP contribution is -2.29. The van der Waals surface area contributed by atoms with Crippen molar-refractivity contribution in [1.82, 2.24) is 4.98 Å². The number of aromatic nitrogens is 1. The molecule has 1 N–H and O–H groups in total. The molecule has 210 valence electrons. The maximum absolute atomic E-state index is 13.7. The van der Waals surface area contributed by atoms with E-state index in [1.54, 1.807) is 48.5 Å². The van der Waals surface area contributed by atoms with Gasteiger partial charge in [-0.15, -0.1) is 0 Å². The fraction of sp³-hybridized carbons (Fsp3) is 0.207. The molecular weight excluding hydrogens is 572 g/mol. The number of amides is 1. The average Bonchev–Trinajstić information content (AvgIpc) is 3.52. The molecule has 10 nitrogen and oxygen atoms in total. The Morgan fingerprint density at radius 1 is 0.976 bits per heavy atom. The van der Waals surface area contributed by atoms with Crippen LogP contribution >= 0.6 is 22.9 Å². The number of carbonyl (C=O) groups excluding carboxylic acids is 2. The number of anilines is 1. The zero-order chi connectivity index (χ0) is 28.8. The number of rotatable bonds is 6. The maximum atomic E-state index is 13.7. The number of ketones is 1. The van der Waals surface area contributed by atoms with Crippen LogP contribution in [0.5, 0.6) is 28.7 Å². The number of carbonyl (C=O) groups is 2. The van der Waals surface area contributed by atoms with E-state index in [4.69, 9.17) is 35.3 Å². The molecule has 3 heterocycles. The van der Waals surface area contributed by atoms with E-state index in [1.165, 1.54) is 37.6 Å². The number of halogens is 1. The Labute approximate surface area is 243 Å². The van der Waals surface area contributed by atoms with Gasteiger partial charge in [0, 0.05) is 10.6 Å². The highest BCUT2D eigenvalue weighted by atomic mass is 35.5. The van der Waals surface area contributed by atoms with Gasteiger partial charge in [0.2, 0.25) is 5.75 Å². The lowest BCUT2D eigenvalue weighted by atomic mass is 9.94. The number of fused-ring (bicyclic) bond motifs is 2.